The predicted molar refractivity (Wildman–Crippen MR) is 74.6 cm³/mol. The summed E-state index contributed by atoms with van der Waals surface area (Å²) >= 11 is 3.60. The molecular formula is C12H19BrN4. The van der Waals surface area contributed by atoms with Gasteiger partial charge in [-0.1, -0.05) is 6.92 Å². The van der Waals surface area contributed by atoms with E-state index in [2.05, 4.69) is 50.1 Å². The molecule has 5 heteroatoms. The number of nitrogens with one attached hydrogen (secondary N) is 1. The molecule has 1 aromatic heterocycles. The molecule has 17 heavy (non-hydrogen) atoms. The van der Waals surface area contributed by atoms with Crippen molar-refractivity contribution in [2.45, 2.75) is 38.6 Å². The molecule has 0 aromatic carbocycles. The van der Waals surface area contributed by atoms with Gasteiger partial charge in [0, 0.05) is 19.6 Å². The standard InChI is InChI=1S/C12H19BrN4/c1-3-7-14-11-10(13)12(16-8-15-11)17(2)9-5-4-6-9/h8-9H,3-7H2,1-2H3,(H,14,15,16). The summed E-state index contributed by atoms with van der Waals surface area (Å²) in [4.78, 5) is 10.9. The zero-order valence-electron chi connectivity index (χ0n) is 10.4. The Morgan fingerprint density at radius 2 is 2.24 bits per heavy atom. The Morgan fingerprint density at radius 1 is 1.47 bits per heavy atom. The summed E-state index contributed by atoms with van der Waals surface area (Å²) in [5, 5.41) is 3.31. The molecule has 0 bridgehead atoms. The van der Waals surface area contributed by atoms with Crippen molar-refractivity contribution >= 4 is 27.6 Å². The number of aromatic nitrogens is 2. The van der Waals surface area contributed by atoms with Gasteiger partial charge in [-0.05, 0) is 41.6 Å². The first-order valence-corrected chi connectivity index (χ1v) is 7.00. The Balaban J connectivity index is 2.15. The van der Waals surface area contributed by atoms with Gasteiger partial charge in [0.25, 0.3) is 0 Å². The maximum absolute atomic E-state index is 4.38. The van der Waals surface area contributed by atoms with Gasteiger partial charge in [-0.3, -0.25) is 0 Å². The third-order valence-corrected chi connectivity index (χ3v) is 4.00. The van der Waals surface area contributed by atoms with Gasteiger partial charge in [-0.25, -0.2) is 9.97 Å². The van der Waals surface area contributed by atoms with Gasteiger partial charge in [0.2, 0.25) is 0 Å². The van der Waals surface area contributed by atoms with Crippen LogP contribution in [0.2, 0.25) is 0 Å². The SMILES string of the molecule is CCCNc1ncnc(N(C)C2CCC2)c1Br. The van der Waals surface area contributed by atoms with Crippen LogP contribution in [0.3, 0.4) is 0 Å². The fourth-order valence-electron chi connectivity index (χ4n) is 1.92. The van der Waals surface area contributed by atoms with Crippen LogP contribution in [0.4, 0.5) is 11.6 Å². The van der Waals surface area contributed by atoms with Gasteiger partial charge < -0.3 is 10.2 Å². The molecule has 0 atom stereocenters. The van der Waals surface area contributed by atoms with Gasteiger partial charge in [0.15, 0.2) is 0 Å². The average Bonchev–Trinajstić information content (AvgIpc) is 2.25. The van der Waals surface area contributed by atoms with E-state index in [1.54, 1.807) is 6.33 Å². The molecule has 1 aromatic rings. The van der Waals surface area contributed by atoms with E-state index in [1.807, 2.05) is 0 Å². The number of nitrogens with zero attached hydrogens (tertiary/aromatic N) is 3. The first-order chi connectivity index (χ1) is 8.24. The third kappa shape index (κ3) is 2.70. The molecule has 0 amide bonds. The molecule has 4 nitrogen and oxygen atoms in total. The highest BCUT2D eigenvalue weighted by atomic mass is 79.9. The maximum atomic E-state index is 4.38. The minimum atomic E-state index is 0.639. The number of halogens is 1. The smallest absolute Gasteiger partial charge is 0.148 e. The topological polar surface area (TPSA) is 41.1 Å². The Hall–Kier alpha value is -0.840. The van der Waals surface area contributed by atoms with Crippen molar-refractivity contribution in [1.82, 2.24) is 9.97 Å². The maximum Gasteiger partial charge on any atom is 0.148 e. The summed E-state index contributed by atoms with van der Waals surface area (Å²) in [6, 6.07) is 0.639. The molecule has 1 heterocycles. The van der Waals surface area contributed by atoms with Crippen LogP contribution < -0.4 is 10.2 Å². The summed E-state index contributed by atoms with van der Waals surface area (Å²) in [7, 11) is 2.11. The molecule has 0 aliphatic heterocycles. The van der Waals surface area contributed by atoms with Gasteiger partial charge in [-0.15, -0.1) is 0 Å². The van der Waals surface area contributed by atoms with Gasteiger partial charge >= 0.3 is 0 Å². The second-order valence-corrected chi connectivity index (χ2v) is 5.28. The monoisotopic (exact) mass is 298 g/mol. The van der Waals surface area contributed by atoms with Crippen LogP contribution >= 0.6 is 15.9 Å². The van der Waals surface area contributed by atoms with Gasteiger partial charge in [0.05, 0.1) is 0 Å². The lowest BCUT2D eigenvalue weighted by molar-refractivity contribution is 0.399. The molecule has 0 unspecified atom stereocenters. The van der Waals surface area contributed by atoms with E-state index in [1.165, 1.54) is 19.3 Å². The first-order valence-electron chi connectivity index (χ1n) is 6.21. The van der Waals surface area contributed by atoms with Gasteiger partial charge in [0.1, 0.15) is 22.4 Å². The number of hydrogen-bond acceptors (Lipinski definition) is 4. The van der Waals surface area contributed by atoms with E-state index in [-0.39, 0.29) is 0 Å². The number of anilines is 2. The van der Waals surface area contributed by atoms with Crippen LogP contribution in [0.25, 0.3) is 0 Å². The minimum Gasteiger partial charge on any atom is -0.369 e. The molecule has 0 saturated heterocycles. The van der Waals surface area contributed by atoms with Crippen LogP contribution in [0.5, 0.6) is 0 Å². The highest BCUT2D eigenvalue weighted by molar-refractivity contribution is 9.10. The second kappa shape index (κ2) is 5.67. The van der Waals surface area contributed by atoms with Crippen LogP contribution in [-0.2, 0) is 0 Å². The Labute approximate surface area is 111 Å². The highest BCUT2D eigenvalue weighted by Crippen LogP contribution is 2.34. The van der Waals surface area contributed by atoms with Crippen molar-refractivity contribution in [2.75, 3.05) is 23.8 Å². The lowest BCUT2D eigenvalue weighted by Crippen LogP contribution is -2.37. The Morgan fingerprint density at radius 3 is 2.82 bits per heavy atom. The van der Waals surface area contributed by atoms with Crippen molar-refractivity contribution < 1.29 is 0 Å². The average molecular weight is 299 g/mol. The third-order valence-electron chi connectivity index (χ3n) is 3.27. The zero-order valence-corrected chi connectivity index (χ0v) is 12.0. The van der Waals surface area contributed by atoms with Crippen LogP contribution in [0.1, 0.15) is 32.6 Å². The van der Waals surface area contributed by atoms with E-state index in [9.17, 15) is 0 Å². The highest BCUT2D eigenvalue weighted by Gasteiger charge is 2.25. The fraction of sp³-hybridized carbons (Fsp3) is 0.667. The van der Waals surface area contributed by atoms with Crippen LogP contribution in [-0.4, -0.2) is 29.6 Å². The molecule has 2 rings (SSSR count). The van der Waals surface area contributed by atoms with E-state index in [4.69, 9.17) is 0 Å². The predicted octanol–water partition coefficient (Wildman–Crippen LogP) is 3.05. The van der Waals surface area contributed by atoms with E-state index >= 15 is 0 Å². The Kier molecular flexibility index (Phi) is 4.20. The lowest BCUT2D eigenvalue weighted by Gasteiger charge is -2.36. The summed E-state index contributed by atoms with van der Waals surface area (Å²) in [6.07, 6.45) is 6.59. The summed E-state index contributed by atoms with van der Waals surface area (Å²) in [6.45, 7) is 3.08. The van der Waals surface area contributed by atoms with Gasteiger partial charge in [-0.2, -0.15) is 0 Å². The quantitative estimate of drug-likeness (QED) is 0.907. The van der Waals surface area contributed by atoms with Crippen molar-refractivity contribution in [3.63, 3.8) is 0 Å². The number of rotatable bonds is 5. The molecule has 0 spiro atoms. The van der Waals surface area contributed by atoms with E-state index < -0.39 is 0 Å². The van der Waals surface area contributed by atoms with Crippen LogP contribution in [0, 0.1) is 0 Å². The molecule has 0 radical (unpaired) electrons. The lowest BCUT2D eigenvalue weighted by atomic mass is 9.92. The molecular weight excluding hydrogens is 280 g/mol. The first kappa shape index (κ1) is 12.6. The van der Waals surface area contributed by atoms with E-state index in [0.717, 1.165) is 29.1 Å². The largest absolute Gasteiger partial charge is 0.369 e. The molecule has 1 N–H and O–H groups in total. The van der Waals surface area contributed by atoms with Crippen molar-refractivity contribution in [3.05, 3.63) is 10.8 Å². The minimum absolute atomic E-state index is 0.639. The van der Waals surface area contributed by atoms with Crippen LogP contribution in [0.15, 0.2) is 10.8 Å². The number of hydrogen-bond donors (Lipinski definition) is 1. The molecule has 1 aliphatic carbocycles. The summed E-state index contributed by atoms with van der Waals surface area (Å²) in [5.41, 5.74) is 0. The van der Waals surface area contributed by atoms with Crippen molar-refractivity contribution in [2.24, 2.45) is 0 Å². The van der Waals surface area contributed by atoms with Crippen molar-refractivity contribution in [3.8, 4) is 0 Å². The summed E-state index contributed by atoms with van der Waals surface area (Å²) < 4.78 is 0.975. The molecule has 1 fully saturated rings. The normalized spacial score (nSPS) is 15.5. The van der Waals surface area contributed by atoms with E-state index in [0.29, 0.717) is 6.04 Å². The molecule has 94 valence electrons. The molecule has 1 aliphatic rings. The fourth-order valence-corrected chi connectivity index (χ4v) is 2.54. The Bertz CT molecular complexity index is 379. The summed E-state index contributed by atoms with van der Waals surface area (Å²) in [5.74, 6) is 1.88. The zero-order chi connectivity index (χ0) is 12.3. The second-order valence-electron chi connectivity index (χ2n) is 4.48. The molecule has 1 saturated carbocycles. The van der Waals surface area contributed by atoms with Crippen molar-refractivity contribution in [1.29, 1.82) is 0 Å².